The maximum Gasteiger partial charge on any atom is 0.136 e. The van der Waals surface area contributed by atoms with Crippen molar-refractivity contribution in [1.29, 1.82) is 5.41 Å². The molecular formula is C14H19N3OS. The zero-order chi connectivity index (χ0) is 13.2. The van der Waals surface area contributed by atoms with Crippen LogP contribution in [-0.2, 0) is 19.4 Å². The molecule has 0 fully saturated rings. The van der Waals surface area contributed by atoms with E-state index >= 15 is 0 Å². The highest BCUT2D eigenvalue weighted by molar-refractivity contribution is 7.18. The summed E-state index contributed by atoms with van der Waals surface area (Å²) in [5, 5.41) is 18.4. The van der Waals surface area contributed by atoms with Crippen LogP contribution in [0.3, 0.4) is 0 Å². The molecule has 0 unspecified atom stereocenters. The van der Waals surface area contributed by atoms with Crippen LogP contribution in [0, 0.1) is 5.41 Å². The number of aliphatic hydroxyl groups is 1. The first kappa shape index (κ1) is 12.8. The van der Waals surface area contributed by atoms with Gasteiger partial charge in [-0.3, -0.25) is 5.41 Å². The van der Waals surface area contributed by atoms with Crippen LogP contribution in [-0.4, -0.2) is 21.3 Å². The van der Waals surface area contributed by atoms with Gasteiger partial charge in [0.25, 0.3) is 0 Å². The van der Waals surface area contributed by atoms with Gasteiger partial charge in [-0.1, -0.05) is 6.42 Å². The number of hydrogen-bond acceptors (Lipinski definition) is 4. The SMILES string of the molecule is N=c1c2c3c(sc2ncn1CCCO)CCCCC3. The van der Waals surface area contributed by atoms with Gasteiger partial charge in [-0.2, -0.15) is 0 Å². The van der Waals surface area contributed by atoms with Crippen LogP contribution in [0.15, 0.2) is 6.33 Å². The lowest BCUT2D eigenvalue weighted by Crippen LogP contribution is -2.21. The minimum absolute atomic E-state index is 0.159. The molecule has 4 nitrogen and oxygen atoms in total. The zero-order valence-corrected chi connectivity index (χ0v) is 11.8. The summed E-state index contributed by atoms with van der Waals surface area (Å²) in [4.78, 5) is 6.96. The summed E-state index contributed by atoms with van der Waals surface area (Å²) in [5.74, 6) is 0. The monoisotopic (exact) mass is 277 g/mol. The van der Waals surface area contributed by atoms with Gasteiger partial charge >= 0.3 is 0 Å². The van der Waals surface area contributed by atoms with Gasteiger partial charge < -0.3 is 9.67 Å². The third-order valence-corrected chi connectivity index (χ3v) is 5.00. The number of nitrogens with one attached hydrogen (secondary N) is 1. The summed E-state index contributed by atoms with van der Waals surface area (Å²) in [6.07, 6.45) is 8.44. The van der Waals surface area contributed by atoms with Gasteiger partial charge in [-0.05, 0) is 37.7 Å². The van der Waals surface area contributed by atoms with Crippen molar-refractivity contribution in [1.82, 2.24) is 9.55 Å². The van der Waals surface area contributed by atoms with Crippen LogP contribution in [0.1, 0.15) is 36.1 Å². The molecule has 1 aliphatic carbocycles. The fraction of sp³-hybridized carbons (Fsp3) is 0.571. The first-order valence-electron chi connectivity index (χ1n) is 6.96. The molecule has 2 N–H and O–H groups in total. The smallest absolute Gasteiger partial charge is 0.136 e. The molecule has 2 heterocycles. The molecule has 2 aromatic heterocycles. The maximum atomic E-state index is 8.93. The lowest BCUT2D eigenvalue weighted by Gasteiger charge is -2.06. The Bertz CT molecular complexity index is 644. The van der Waals surface area contributed by atoms with Gasteiger partial charge in [0.15, 0.2) is 0 Å². The predicted molar refractivity (Wildman–Crippen MR) is 76.4 cm³/mol. The average Bonchev–Trinajstić information content (AvgIpc) is 2.61. The van der Waals surface area contributed by atoms with Crippen molar-refractivity contribution < 1.29 is 5.11 Å². The van der Waals surface area contributed by atoms with E-state index in [1.54, 1.807) is 17.7 Å². The number of aromatic nitrogens is 2. The van der Waals surface area contributed by atoms with Gasteiger partial charge in [0.05, 0.1) is 11.7 Å². The second-order valence-electron chi connectivity index (χ2n) is 5.11. The molecule has 0 saturated heterocycles. The lowest BCUT2D eigenvalue weighted by atomic mass is 10.1. The number of nitrogens with zero attached hydrogens (tertiary/aromatic N) is 2. The fourth-order valence-electron chi connectivity index (χ4n) is 2.80. The number of aryl methyl sites for hydroxylation is 3. The van der Waals surface area contributed by atoms with Crippen molar-refractivity contribution in [2.24, 2.45) is 0 Å². The normalized spacial score (nSPS) is 15.4. The second-order valence-corrected chi connectivity index (χ2v) is 6.19. The zero-order valence-electron chi connectivity index (χ0n) is 11.0. The van der Waals surface area contributed by atoms with Crippen molar-refractivity contribution in [2.45, 2.75) is 45.1 Å². The third-order valence-electron chi connectivity index (χ3n) is 3.80. The number of rotatable bonds is 3. The quantitative estimate of drug-likeness (QED) is 0.845. The van der Waals surface area contributed by atoms with Gasteiger partial charge in [0, 0.05) is 18.0 Å². The Kier molecular flexibility index (Phi) is 3.66. The first-order valence-corrected chi connectivity index (χ1v) is 7.78. The summed E-state index contributed by atoms with van der Waals surface area (Å²) in [7, 11) is 0. The van der Waals surface area contributed by atoms with E-state index in [2.05, 4.69) is 4.98 Å². The fourth-order valence-corrected chi connectivity index (χ4v) is 4.03. The molecule has 2 aromatic rings. The average molecular weight is 277 g/mol. The molecule has 0 bridgehead atoms. The highest BCUT2D eigenvalue weighted by Gasteiger charge is 2.17. The molecule has 1 aliphatic rings. The van der Waals surface area contributed by atoms with E-state index in [9.17, 15) is 0 Å². The Hall–Kier alpha value is -1.20. The molecule has 5 heteroatoms. The largest absolute Gasteiger partial charge is 0.396 e. The summed E-state index contributed by atoms with van der Waals surface area (Å²) in [6.45, 7) is 0.828. The van der Waals surface area contributed by atoms with Crippen molar-refractivity contribution in [3.05, 3.63) is 22.3 Å². The molecule has 3 rings (SSSR count). The lowest BCUT2D eigenvalue weighted by molar-refractivity contribution is 0.278. The van der Waals surface area contributed by atoms with Crippen LogP contribution < -0.4 is 5.49 Å². The molecule has 0 aliphatic heterocycles. The number of fused-ring (bicyclic) bond motifs is 3. The molecule has 0 atom stereocenters. The van der Waals surface area contributed by atoms with E-state index in [0.29, 0.717) is 18.5 Å². The predicted octanol–water partition coefficient (Wildman–Crippen LogP) is 2.23. The minimum Gasteiger partial charge on any atom is -0.396 e. The molecule has 0 spiro atoms. The van der Waals surface area contributed by atoms with E-state index in [1.807, 2.05) is 4.57 Å². The van der Waals surface area contributed by atoms with Crippen LogP contribution in [0.25, 0.3) is 10.2 Å². The maximum absolute atomic E-state index is 8.93. The highest BCUT2D eigenvalue weighted by atomic mass is 32.1. The summed E-state index contributed by atoms with van der Waals surface area (Å²) < 4.78 is 1.86. The minimum atomic E-state index is 0.159. The molecule has 19 heavy (non-hydrogen) atoms. The Morgan fingerprint density at radius 1 is 1.32 bits per heavy atom. The Balaban J connectivity index is 2.13. The Morgan fingerprint density at radius 3 is 3.00 bits per heavy atom. The Morgan fingerprint density at radius 2 is 2.16 bits per heavy atom. The third kappa shape index (κ3) is 2.32. The van der Waals surface area contributed by atoms with Gasteiger partial charge in [0.2, 0.25) is 0 Å². The van der Waals surface area contributed by atoms with Crippen molar-refractivity contribution in [3.63, 3.8) is 0 Å². The molecule has 0 amide bonds. The Labute approximate surface area is 116 Å². The van der Waals surface area contributed by atoms with Crippen LogP contribution in [0.5, 0.6) is 0 Å². The highest BCUT2D eigenvalue weighted by Crippen LogP contribution is 2.32. The first-order chi connectivity index (χ1) is 9.31. The van der Waals surface area contributed by atoms with Crippen molar-refractivity contribution in [2.75, 3.05) is 6.61 Å². The molecule has 0 radical (unpaired) electrons. The number of aliphatic hydroxyl groups excluding tert-OH is 1. The second kappa shape index (κ2) is 5.43. The molecule has 0 aromatic carbocycles. The van der Waals surface area contributed by atoms with E-state index in [-0.39, 0.29) is 6.61 Å². The van der Waals surface area contributed by atoms with E-state index in [1.165, 1.54) is 29.7 Å². The van der Waals surface area contributed by atoms with Crippen LogP contribution >= 0.6 is 11.3 Å². The van der Waals surface area contributed by atoms with Crippen LogP contribution in [0.2, 0.25) is 0 Å². The number of thiophene rings is 1. The molecule has 0 saturated carbocycles. The van der Waals surface area contributed by atoms with Gasteiger partial charge in [-0.15, -0.1) is 11.3 Å². The summed E-state index contributed by atoms with van der Waals surface area (Å²) in [6, 6.07) is 0. The summed E-state index contributed by atoms with van der Waals surface area (Å²) in [5.41, 5.74) is 1.94. The summed E-state index contributed by atoms with van der Waals surface area (Å²) >= 11 is 1.77. The number of hydrogen-bond donors (Lipinski definition) is 2. The standard InChI is InChI=1S/C14H19N3OS/c15-13-12-10-5-2-1-3-6-11(10)19-14(12)16-9-17(13)7-4-8-18/h9,15,18H,1-8H2. The van der Waals surface area contributed by atoms with Crippen LogP contribution in [0.4, 0.5) is 0 Å². The van der Waals surface area contributed by atoms with Gasteiger partial charge in [0.1, 0.15) is 10.3 Å². The van der Waals surface area contributed by atoms with Crippen molar-refractivity contribution in [3.8, 4) is 0 Å². The topological polar surface area (TPSA) is 61.9 Å². The van der Waals surface area contributed by atoms with E-state index in [0.717, 1.165) is 23.1 Å². The van der Waals surface area contributed by atoms with E-state index < -0.39 is 0 Å². The van der Waals surface area contributed by atoms with Gasteiger partial charge in [-0.25, -0.2) is 4.98 Å². The van der Waals surface area contributed by atoms with Crippen molar-refractivity contribution >= 4 is 21.6 Å². The molecule has 102 valence electrons. The van der Waals surface area contributed by atoms with E-state index in [4.69, 9.17) is 10.5 Å². The molecular weight excluding hydrogens is 258 g/mol.